The second kappa shape index (κ2) is 6.56. The number of carbonyl (C=O) groups is 2. The third kappa shape index (κ3) is 4.55. The molecule has 0 atom stereocenters. The molecule has 0 radical (unpaired) electrons. The Hall–Kier alpha value is -1.90. The summed E-state index contributed by atoms with van der Waals surface area (Å²) < 4.78 is 0. The van der Waals surface area contributed by atoms with E-state index in [2.05, 4.69) is 0 Å². The van der Waals surface area contributed by atoms with E-state index in [0.717, 1.165) is 17.4 Å². The number of carbonyl (C=O) groups excluding carboxylic acids is 1. The van der Waals surface area contributed by atoms with Crippen LogP contribution in [0.5, 0.6) is 0 Å². The summed E-state index contributed by atoms with van der Waals surface area (Å²) in [7, 11) is 0. The maximum Gasteiger partial charge on any atom is 0.303 e. The molecular weight excluding hydrogens is 204 g/mol. The van der Waals surface area contributed by atoms with E-state index in [0.29, 0.717) is 12.8 Å². The van der Waals surface area contributed by atoms with Gasteiger partial charge in [-0.1, -0.05) is 36.4 Å². The lowest BCUT2D eigenvalue weighted by Gasteiger charge is -2.00. The third-order valence-corrected chi connectivity index (χ3v) is 2.12. The van der Waals surface area contributed by atoms with Crippen molar-refractivity contribution in [3.63, 3.8) is 0 Å². The maximum atomic E-state index is 10.4. The van der Waals surface area contributed by atoms with Gasteiger partial charge in [-0.25, -0.2) is 0 Å². The molecular formula is C13H14O3. The van der Waals surface area contributed by atoms with Gasteiger partial charge in [-0.05, 0) is 17.5 Å². The van der Waals surface area contributed by atoms with Crippen LogP contribution in [-0.2, 0) is 16.0 Å². The van der Waals surface area contributed by atoms with E-state index in [1.807, 2.05) is 30.3 Å². The number of hydrogen-bond donors (Lipinski definition) is 1. The van der Waals surface area contributed by atoms with Crippen LogP contribution < -0.4 is 0 Å². The van der Waals surface area contributed by atoms with E-state index >= 15 is 0 Å². The monoisotopic (exact) mass is 218 g/mol. The minimum Gasteiger partial charge on any atom is -0.481 e. The van der Waals surface area contributed by atoms with Crippen LogP contribution in [0.15, 0.2) is 30.3 Å². The molecule has 0 fully saturated rings. The van der Waals surface area contributed by atoms with Crippen molar-refractivity contribution in [2.45, 2.75) is 19.3 Å². The van der Waals surface area contributed by atoms with E-state index in [4.69, 9.17) is 5.11 Å². The number of aryl methyl sites for hydroxylation is 1. The zero-order valence-electron chi connectivity index (χ0n) is 8.93. The highest BCUT2D eigenvalue weighted by atomic mass is 16.4. The molecule has 0 heterocycles. The van der Waals surface area contributed by atoms with Crippen LogP contribution >= 0.6 is 0 Å². The number of rotatable bonds is 6. The predicted octanol–water partition coefficient (Wildman–Crippen LogP) is 2.31. The molecule has 0 amide bonds. The van der Waals surface area contributed by atoms with Crippen molar-refractivity contribution in [2.24, 2.45) is 0 Å². The van der Waals surface area contributed by atoms with Gasteiger partial charge in [0.05, 0.1) is 0 Å². The van der Waals surface area contributed by atoms with Crippen LogP contribution in [-0.4, -0.2) is 17.4 Å². The zero-order valence-corrected chi connectivity index (χ0v) is 8.93. The first kappa shape index (κ1) is 12.2. The standard InChI is InChI=1S/C13H14O3/c14-9-2-1-4-11-5-3-6-12(10-11)7-8-13(15)16/h1,3-6,9-10H,2,7-8H2,(H,15,16). The van der Waals surface area contributed by atoms with Crippen molar-refractivity contribution in [1.29, 1.82) is 0 Å². The molecule has 1 rings (SSSR count). The second-order valence-corrected chi connectivity index (χ2v) is 3.44. The fourth-order valence-electron chi connectivity index (χ4n) is 1.36. The summed E-state index contributed by atoms with van der Waals surface area (Å²) in [5.74, 6) is -0.790. The molecule has 0 unspecified atom stereocenters. The Morgan fingerprint density at radius 3 is 2.88 bits per heavy atom. The number of carboxylic acids is 1. The number of carboxylic acid groups (broad SMARTS) is 1. The minimum absolute atomic E-state index is 0.140. The van der Waals surface area contributed by atoms with Gasteiger partial charge < -0.3 is 9.90 Å². The van der Waals surface area contributed by atoms with E-state index in [-0.39, 0.29) is 6.42 Å². The zero-order chi connectivity index (χ0) is 11.8. The fourth-order valence-corrected chi connectivity index (χ4v) is 1.36. The fraction of sp³-hybridized carbons (Fsp3) is 0.231. The first-order valence-electron chi connectivity index (χ1n) is 5.13. The summed E-state index contributed by atoms with van der Waals surface area (Å²) in [6.45, 7) is 0. The number of benzene rings is 1. The Morgan fingerprint density at radius 2 is 2.19 bits per heavy atom. The lowest BCUT2D eigenvalue weighted by Crippen LogP contribution is -1.97. The van der Waals surface area contributed by atoms with Gasteiger partial charge >= 0.3 is 5.97 Å². The Morgan fingerprint density at radius 1 is 1.38 bits per heavy atom. The van der Waals surface area contributed by atoms with Crippen LogP contribution in [0.2, 0.25) is 0 Å². The SMILES string of the molecule is O=CCC=Cc1cccc(CCC(=O)O)c1. The van der Waals surface area contributed by atoms with Crippen LogP contribution in [0.3, 0.4) is 0 Å². The summed E-state index contributed by atoms with van der Waals surface area (Å²) in [5, 5.41) is 8.56. The van der Waals surface area contributed by atoms with Crippen molar-refractivity contribution >= 4 is 18.3 Å². The smallest absolute Gasteiger partial charge is 0.303 e. The first-order valence-corrected chi connectivity index (χ1v) is 5.13. The van der Waals surface area contributed by atoms with E-state index < -0.39 is 5.97 Å². The molecule has 1 aromatic rings. The van der Waals surface area contributed by atoms with Crippen LogP contribution in [0, 0.1) is 0 Å². The van der Waals surface area contributed by atoms with Crippen LogP contribution in [0.25, 0.3) is 6.08 Å². The highest BCUT2D eigenvalue weighted by molar-refractivity contribution is 5.67. The van der Waals surface area contributed by atoms with Crippen molar-refractivity contribution in [1.82, 2.24) is 0 Å². The number of aliphatic carboxylic acids is 1. The molecule has 3 nitrogen and oxygen atoms in total. The number of aldehydes is 1. The lowest BCUT2D eigenvalue weighted by atomic mass is 10.1. The molecule has 0 saturated carbocycles. The molecule has 1 aromatic carbocycles. The van der Waals surface area contributed by atoms with Gasteiger partial charge in [0, 0.05) is 12.8 Å². The van der Waals surface area contributed by atoms with Gasteiger partial charge in [0.1, 0.15) is 6.29 Å². The summed E-state index contributed by atoms with van der Waals surface area (Å²) in [6, 6.07) is 7.65. The maximum absolute atomic E-state index is 10.4. The highest BCUT2D eigenvalue weighted by Gasteiger charge is 1.98. The largest absolute Gasteiger partial charge is 0.481 e. The van der Waals surface area contributed by atoms with Gasteiger partial charge in [-0.3, -0.25) is 4.79 Å². The molecule has 0 bridgehead atoms. The van der Waals surface area contributed by atoms with E-state index in [9.17, 15) is 9.59 Å². The molecule has 1 N–H and O–H groups in total. The summed E-state index contributed by atoms with van der Waals surface area (Å²) >= 11 is 0. The molecule has 0 saturated heterocycles. The summed E-state index contributed by atoms with van der Waals surface area (Å²) in [5.41, 5.74) is 1.99. The number of hydrogen-bond acceptors (Lipinski definition) is 2. The van der Waals surface area contributed by atoms with Gasteiger partial charge in [-0.2, -0.15) is 0 Å². The average molecular weight is 218 g/mol. The molecule has 16 heavy (non-hydrogen) atoms. The molecule has 0 aliphatic heterocycles. The van der Waals surface area contributed by atoms with E-state index in [1.165, 1.54) is 0 Å². The molecule has 0 spiro atoms. The van der Waals surface area contributed by atoms with E-state index in [1.54, 1.807) is 6.08 Å². The van der Waals surface area contributed by atoms with Crippen molar-refractivity contribution in [2.75, 3.05) is 0 Å². The lowest BCUT2D eigenvalue weighted by molar-refractivity contribution is -0.136. The molecule has 0 aromatic heterocycles. The number of allylic oxidation sites excluding steroid dienone is 1. The Balaban J connectivity index is 2.63. The predicted molar refractivity (Wildman–Crippen MR) is 62.1 cm³/mol. The average Bonchev–Trinajstić information content (AvgIpc) is 2.27. The highest BCUT2D eigenvalue weighted by Crippen LogP contribution is 2.09. The Labute approximate surface area is 94.4 Å². The first-order chi connectivity index (χ1) is 7.72. The molecule has 0 aliphatic rings. The Kier molecular flexibility index (Phi) is 4.99. The quantitative estimate of drug-likeness (QED) is 0.745. The summed E-state index contributed by atoms with van der Waals surface area (Å²) in [4.78, 5) is 20.5. The van der Waals surface area contributed by atoms with Crippen LogP contribution in [0.1, 0.15) is 24.0 Å². The third-order valence-electron chi connectivity index (χ3n) is 2.12. The molecule has 3 heteroatoms. The van der Waals surface area contributed by atoms with Crippen molar-refractivity contribution in [3.05, 3.63) is 41.5 Å². The summed E-state index contributed by atoms with van der Waals surface area (Å²) in [6.07, 6.45) is 5.55. The topological polar surface area (TPSA) is 54.4 Å². The van der Waals surface area contributed by atoms with Crippen LogP contribution in [0.4, 0.5) is 0 Å². The van der Waals surface area contributed by atoms with Crippen molar-refractivity contribution < 1.29 is 14.7 Å². The second-order valence-electron chi connectivity index (χ2n) is 3.44. The normalized spacial score (nSPS) is 10.5. The molecule has 0 aliphatic carbocycles. The van der Waals surface area contributed by atoms with Gasteiger partial charge in [0.25, 0.3) is 0 Å². The minimum atomic E-state index is -0.790. The van der Waals surface area contributed by atoms with Gasteiger partial charge in [-0.15, -0.1) is 0 Å². The Bertz CT molecular complexity index is 394. The van der Waals surface area contributed by atoms with Gasteiger partial charge in [0.2, 0.25) is 0 Å². The van der Waals surface area contributed by atoms with Crippen molar-refractivity contribution in [3.8, 4) is 0 Å². The van der Waals surface area contributed by atoms with Gasteiger partial charge in [0.15, 0.2) is 0 Å². The molecule has 84 valence electrons.